The number of nitrogens with zero attached hydrogens (tertiary/aromatic N) is 3. The van der Waals surface area contributed by atoms with Crippen molar-refractivity contribution in [2.45, 2.75) is 0 Å². The second kappa shape index (κ2) is 2.50. The van der Waals surface area contributed by atoms with Crippen LogP contribution in [0.5, 0.6) is 0 Å². The van der Waals surface area contributed by atoms with Crippen LogP contribution in [0.3, 0.4) is 0 Å². The maximum atomic E-state index is 8.66. The van der Waals surface area contributed by atoms with Crippen LogP contribution in [0.4, 0.5) is 0 Å². The average molecular weight is 178 g/mol. The topological polar surface area (TPSA) is 41.6 Å². The molecule has 2 aromatic rings. The molecule has 0 N–H and O–H groups in total. The van der Waals surface area contributed by atoms with E-state index in [1.165, 1.54) is 4.20 Å². The summed E-state index contributed by atoms with van der Waals surface area (Å²) >= 11 is 5.71. The molecule has 0 radical (unpaired) electrons. The smallest absolute Gasteiger partial charge is 0.171 e. The van der Waals surface area contributed by atoms with Crippen LogP contribution in [0, 0.1) is 11.3 Å². The number of hydrogen-bond donors (Lipinski definition) is 0. The molecule has 0 aliphatic heterocycles. The maximum Gasteiger partial charge on any atom is 0.171 e. The van der Waals surface area contributed by atoms with Crippen LogP contribution in [0.2, 0.25) is 0 Å². The zero-order valence-electron chi connectivity index (χ0n) is 6.03. The fraction of sp³-hybridized carbons (Fsp3) is 0. The van der Waals surface area contributed by atoms with E-state index in [0.29, 0.717) is 5.69 Å². The normalized spacial score (nSPS) is 10.0. The minimum atomic E-state index is 0.362. The molecule has 58 valence electrons. The molecular weight excluding hydrogens is 174 g/mol. The van der Waals surface area contributed by atoms with Crippen LogP contribution >= 0.6 is 11.8 Å². The number of hydrogen-bond acceptors (Lipinski definition) is 2. The molecule has 0 fully saturated rings. The lowest BCUT2D eigenvalue weighted by Crippen LogP contribution is -1.80. The highest BCUT2D eigenvalue weighted by molar-refractivity contribution is 6.18. The van der Waals surface area contributed by atoms with Crippen LogP contribution in [-0.4, -0.2) is 9.30 Å². The molecule has 0 bridgehead atoms. The van der Waals surface area contributed by atoms with E-state index in [1.807, 2.05) is 30.3 Å². The Kier molecular flexibility index (Phi) is 1.49. The molecule has 12 heavy (non-hydrogen) atoms. The molecule has 1 aromatic carbocycles. The molecule has 0 spiro atoms. The SMILES string of the molecule is N#Cc1nn(Cl)c2ccccc12. The Morgan fingerprint density at radius 3 is 2.92 bits per heavy atom. The molecule has 0 aliphatic rings. The van der Waals surface area contributed by atoms with E-state index in [0.717, 1.165) is 10.9 Å². The quantitative estimate of drug-likeness (QED) is 0.617. The molecule has 4 heteroatoms. The van der Waals surface area contributed by atoms with Crippen LogP contribution in [0.15, 0.2) is 24.3 Å². The van der Waals surface area contributed by atoms with Crippen molar-refractivity contribution in [3.8, 4) is 6.07 Å². The van der Waals surface area contributed by atoms with Gasteiger partial charge in [0.2, 0.25) is 0 Å². The van der Waals surface area contributed by atoms with Gasteiger partial charge in [-0.05, 0) is 12.1 Å². The number of para-hydroxylation sites is 1. The van der Waals surface area contributed by atoms with Gasteiger partial charge in [0.1, 0.15) is 6.07 Å². The Balaban J connectivity index is 2.94. The highest BCUT2D eigenvalue weighted by Gasteiger charge is 2.06. The van der Waals surface area contributed by atoms with Crippen molar-refractivity contribution in [2.75, 3.05) is 0 Å². The second-order valence-electron chi connectivity index (χ2n) is 2.34. The van der Waals surface area contributed by atoms with E-state index >= 15 is 0 Å². The zero-order valence-corrected chi connectivity index (χ0v) is 6.78. The van der Waals surface area contributed by atoms with Crippen molar-refractivity contribution < 1.29 is 0 Å². The monoisotopic (exact) mass is 177 g/mol. The molecule has 0 saturated carbocycles. The lowest BCUT2D eigenvalue weighted by atomic mass is 10.2. The van der Waals surface area contributed by atoms with Gasteiger partial charge in [-0.3, -0.25) is 0 Å². The summed E-state index contributed by atoms with van der Waals surface area (Å²) in [4.78, 5) is 0. The molecule has 0 atom stereocenters. The van der Waals surface area contributed by atoms with Gasteiger partial charge in [-0.1, -0.05) is 12.1 Å². The van der Waals surface area contributed by atoms with Crippen molar-refractivity contribution >= 4 is 22.7 Å². The van der Waals surface area contributed by atoms with Crippen molar-refractivity contribution in [1.29, 1.82) is 5.26 Å². The molecule has 0 amide bonds. The number of rotatable bonds is 0. The summed E-state index contributed by atoms with van der Waals surface area (Å²) in [7, 11) is 0. The van der Waals surface area contributed by atoms with Crippen molar-refractivity contribution in [2.24, 2.45) is 0 Å². The van der Waals surface area contributed by atoms with E-state index in [4.69, 9.17) is 17.0 Å². The number of halogens is 1. The summed E-state index contributed by atoms with van der Waals surface area (Å²) in [5.74, 6) is 0. The van der Waals surface area contributed by atoms with Gasteiger partial charge in [-0.15, -0.1) is 5.10 Å². The van der Waals surface area contributed by atoms with Crippen LogP contribution in [0.1, 0.15) is 5.69 Å². The van der Waals surface area contributed by atoms with Gasteiger partial charge in [0.15, 0.2) is 5.69 Å². The molecular formula is C8H4ClN3. The summed E-state index contributed by atoms with van der Waals surface area (Å²) in [5, 5.41) is 13.3. The Morgan fingerprint density at radius 1 is 1.42 bits per heavy atom. The summed E-state index contributed by atoms with van der Waals surface area (Å²) < 4.78 is 1.19. The van der Waals surface area contributed by atoms with Crippen molar-refractivity contribution in [3.63, 3.8) is 0 Å². The largest absolute Gasteiger partial charge is 0.191 e. The highest BCUT2D eigenvalue weighted by Crippen LogP contribution is 2.17. The third kappa shape index (κ3) is 0.858. The van der Waals surface area contributed by atoms with Crippen LogP contribution in [-0.2, 0) is 0 Å². The minimum Gasteiger partial charge on any atom is -0.191 e. The Labute approximate surface area is 73.9 Å². The predicted octanol–water partition coefficient (Wildman–Crippen LogP) is 1.91. The van der Waals surface area contributed by atoms with Gasteiger partial charge in [0.25, 0.3) is 0 Å². The lowest BCUT2D eigenvalue weighted by molar-refractivity contribution is 1.01. The third-order valence-electron chi connectivity index (χ3n) is 1.65. The van der Waals surface area contributed by atoms with Gasteiger partial charge in [-0.2, -0.15) is 9.46 Å². The van der Waals surface area contributed by atoms with E-state index in [9.17, 15) is 0 Å². The summed E-state index contributed by atoms with van der Waals surface area (Å²) in [6, 6.07) is 9.31. The fourth-order valence-electron chi connectivity index (χ4n) is 1.11. The minimum absolute atomic E-state index is 0.362. The molecule has 0 saturated heterocycles. The average Bonchev–Trinajstić information content (AvgIpc) is 2.44. The predicted molar refractivity (Wildman–Crippen MR) is 45.7 cm³/mol. The number of nitriles is 1. The first-order valence-corrected chi connectivity index (χ1v) is 3.71. The molecule has 0 aliphatic carbocycles. The Hall–Kier alpha value is -1.53. The third-order valence-corrected chi connectivity index (χ3v) is 1.91. The molecule has 0 unspecified atom stereocenters. The molecule has 1 aromatic heterocycles. The maximum absolute atomic E-state index is 8.66. The summed E-state index contributed by atoms with van der Waals surface area (Å²) in [5.41, 5.74) is 1.12. The van der Waals surface area contributed by atoms with Gasteiger partial charge in [0, 0.05) is 17.2 Å². The zero-order chi connectivity index (χ0) is 8.55. The van der Waals surface area contributed by atoms with E-state index in [-0.39, 0.29) is 0 Å². The van der Waals surface area contributed by atoms with E-state index < -0.39 is 0 Å². The molecule has 1 heterocycles. The van der Waals surface area contributed by atoms with Crippen molar-refractivity contribution in [3.05, 3.63) is 30.0 Å². The summed E-state index contributed by atoms with van der Waals surface area (Å²) in [6.07, 6.45) is 0. The van der Waals surface area contributed by atoms with Gasteiger partial charge in [-0.25, -0.2) is 0 Å². The summed E-state index contributed by atoms with van der Waals surface area (Å²) in [6.45, 7) is 0. The van der Waals surface area contributed by atoms with Crippen molar-refractivity contribution in [1.82, 2.24) is 9.30 Å². The van der Waals surface area contributed by atoms with Gasteiger partial charge in [0.05, 0.1) is 5.52 Å². The first-order chi connectivity index (χ1) is 5.83. The van der Waals surface area contributed by atoms with E-state index in [1.54, 1.807) is 0 Å². The van der Waals surface area contributed by atoms with Crippen LogP contribution in [0.25, 0.3) is 10.9 Å². The van der Waals surface area contributed by atoms with E-state index in [2.05, 4.69) is 5.10 Å². The van der Waals surface area contributed by atoms with Crippen LogP contribution < -0.4 is 0 Å². The Morgan fingerprint density at radius 2 is 2.17 bits per heavy atom. The molecule has 2 rings (SSSR count). The van der Waals surface area contributed by atoms with Gasteiger partial charge < -0.3 is 0 Å². The Bertz CT molecular complexity index is 467. The highest BCUT2D eigenvalue weighted by atomic mass is 35.5. The second-order valence-corrected chi connectivity index (χ2v) is 2.66. The first-order valence-electron chi connectivity index (χ1n) is 3.37. The number of benzene rings is 1. The standard InChI is InChI=1S/C8H4ClN3/c9-12-8-4-2-1-3-6(8)7(5-10)11-12/h1-4H. The first kappa shape index (κ1) is 7.14. The molecule has 3 nitrogen and oxygen atoms in total. The lowest BCUT2D eigenvalue weighted by Gasteiger charge is -1.86. The number of aromatic nitrogens is 2. The fourth-order valence-corrected chi connectivity index (χ4v) is 1.34. The number of fused-ring (bicyclic) bond motifs is 1. The van der Waals surface area contributed by atoms with Gasteiger partial charge >= 0.3 is 0 Å².